The number of sulfonamides is 1. The lowest BCUT2D eigenvalue weighted by atomic mass is 10.1. The lowest BCUT2D eigenvalue weighted by Crippen LogP contribution is -2.27. The van der Waals surface area contributed by atoms with Crippen molar-refractivity contribution in [1.29, 1.82) is 0 Å². The zero-order valence-electron chi connectivity index (χ0n) is 14.1. The van der Waals surface area contributed by atoms with Crippen LogP contribution in [0.5, 0.6) is 0 Å². The molecule has 0 bridgehead atoms. The largest absolute Gasteiger partial charge is 0.478 e. The maximum absolute atomic E-state index is 12.5. The average molecular weight is 342 g/mol. The number of carboxylic acid groups (broad SMARTS) is 1. The molecule has 130 valence electrons. The van der Waals surface area contributed by atoms with Crippen LogP contribution in [0, 0.1) is 5.92 Å². The van der Waals surface area contributed by atoms with Crippen molar-refractivity contribution in [1.82, 2.24) is 4.72 Å². The van der Waals surface area contributed by atoms with Crippen molar-refractivity contribution in [3.8, 4) is 0 Å². The van der Waals surface area contributed by atoms with Gasteiger partial charge in [-0.05, 0) is 43.9 Å². The van der Waals surface area contributed by atoms with Gasteiger partial charge in [0.05, 0.1) is 11.3 Å². The number of aromatic carboxylic acids is 1. The molecule has 0 saturated heterocycles. The highest BCUT2D eigenvalue weighted by molar-refractivity contribution is 7.89. The van der Waals surface area contributed by atoms with Crippen LogP contribution in [0.1, 0.15) is 50.9 Å². The van der Waals surface area contributed by atoms with Crippen LogP contribution in [0.2, 0.25) is 0 Å². The summed E-state index contributed by atoms with van der Waals surface area (Å²) in [4.78, 5) is 11.1. The summed E-state index contributed by atoms with van der Waals surface area (Å²) in [6.45, 7) is 8.26. The van der Waals surface area contributed by atoms with Crippen molar-refractivity contribution in [2.24, 2.45) is 5.92 Å². The van der Waals surface area contributed by atoms with E-state index in [-0.39, 0.29) is 16.5 Å². The molecule has 0 radical (unpaired) electrons. The Balaban J connectivity index is 3.17. The maximum Gasteiger partial charge on any atom is 0.335 e. The first-order valence-corrected chi connectivity index (χ1v) is 9.29. The maximum atomic E-state index is 12.5. The van der Waals surface area contributed by atoms with E-state index >= 15 is 0 Å². The first-order valence-electron chi connectivity index (χ1n) is 7.81. The van der Waals surface area contributed by atoms with Gasteiger partial charge in [0.2, 0.25) is 10.0 Å². The summed E-state index contributed by atoms with van der Waals surface area (Å²) >= 11 is 0. The van der Waals surface area contributed by atoms with E-state index in [2.05, 4.69) is 10.0 Å². The molecule has 0 heterocycles. The summed E-state index contributed by atoms with van der Waals surface area (Å²) in [5, 5.41) is 12.2. The Hall–Kier alpha value is -1.60. The first-order chi connectivity index (χ1) is 10.7. The third kappa shape index (κ3) is 5.84. The second-order valence-corrected chi connectivity index (χ2v) is 7.79. The number of nitrogens with one attached hydrogen (secondary N) is 2. The molecule has 23 heavy (non-hydrogen) atoms. The van der Waals surface area contributed by atoms with Gasteiger partial charge < -0.3 is 10.4 Å². The fourth-order valence-corrected chi connectivity index (χ4v) is 3.16. The molecular weight excluding hydrogens is 316 g/mol. The fourth-order valence-electron chi connectivity index (χ4n) is 1.92. The van der Waals surface area contributed by atoms with E-state index in [0.717, 1.165) is 6.42 Å². The number of carboxylic acids is 1. The van der Waals surface area contributed by atoms with Gasteiger partial charge in [-0.3, -0.25) is 0 Å². The molecule has 1 rings (SSSR count). The van der Waals surface area contributed by atoms with Crippen LogP contribution in [0.15, 0.2) is 23.1 Å². The Kier molecular flexibility index (Phi) is 7.02. The van der Waals surface area contributed by atoms with Gasteiger partial charge in [0.25, 0.3) is 0 Å². The van der Waals surface area contributed by atoms with E-state index in [0.29, 0.717) is 24.6 Å². The highest BCUT2D eigenvalue weighted by atomic mass is 32.2. The average Bonchev–Trinajstić information content (AvgIpc) is 2.46. The van der Waals surface area contributed by atoms with Crippen molar-refractivity contribution in [3.05, 3.63) is 23.8 Å². The predicted octanol–water partition coefficient (Wildman–Crippen LogP) is 2.92. The van der Waals surface area contributed by atoms with E-state index in [1.54, 1.807) is 0 Å². The van der Waals surface area contributed by atoms with E-state index in [1.807, 2.05) is 27.7 Å². The number of hydrogen-bond donors (Lipinski definition) is 3. The topological polar surface area (TPSA) is 95.5 Å². The molecule has 1 aromatic carbocycles. The molecule has 0 aliphatic rings. The fraction of sp³-hybridized carbons (Fsp3) is 0.562. The van der Waals surface area contributed by atoms with Crippen LogP contribution in [0.25, 0.3) is 0 Å². The summed E-state index contributed by atoms with van der Waals surface area (Å²) in [6, 6.07) is 4.19. The van der Waals surface area contributed by atoms with Gasteiger partial charge in [0, 0.05) is 12.6 Å². The van der Waals surface area contributed by atoms with Crippen LogP contribution in [-0.2, 0) is 10.0 Å². The SMILES string of the molecule is CCC(C)Nc1ccc(C(=O)O)cc1S(=O)(=O)NCCC(C)C. The smallest absolute Gasteiger partial charge is 0.335 e. The molecule has 0 aromatic heterocycles. The minimum absolute atomic E-state index is 0.0264. The third-order valence-corrected chi connectivity index (χ3v) is 5.05. The Morgan fingerprint density at radius 3 is 2.43 bits per heavy atom. The van der Waals surface area contributed by atoms with Crippen LogP contribution < -0.4 is 10.0 Å². The zero-order valence-corrected chi connectivity index (χ0v) is 14.9. The molecule has 0 aliphatic carbocycles. The number of benzene rings is 1. The third-order valence-electron chi connectivity index (χ3n) is 3.55. The van der Waals surface area contributed by atoms with Crippen LogP contribution in [0.4, 0.5) is 5.69 Å². The summed E-state index contributed by atoms with van der Waals surface area (Å²) in [6.07, 6.45) is 1.53. The minimum Gasteiger partial charge on any atom is -0.478 e. The molecule has 0 saturated carbocycles. The van der Waals surface area contributed by atoms with Gasteiger partial charge in [-0.2, -0.15) is 0 Å². The Morgan fingerprint density at radius 1 is 1.26 bits per heavy atom. The molecule has 1 unspecified atom stereocenters. The summed E-state index contributed by atoms with van der Waals surface area (Å²) in [7, 11) is -3.77. The molecule has 1 aromatic rings. The van der Waals surface area contributed by atoms with Gasteiger partial charge in [-0.25, -0.2) is 17.9 Å². The van der Waals surface area contributed by atoms with Crippen molar-refractivity contribution in [2.45, 2.75) is 51.5 Å². The quantitative estimate of drug-likeness (QED) is 0.641. The Labute approximate surface area is 138 Å². The Morgan fingerprint density at radius 2 is 1.91 bits per heavy atom. The lowest BCUT2D eigenvalue weighted by Gasteiger charge is -2.18. The van der Waals surface area contributed by atoms with Crippen LogP contribution >= 0.6 is 0 Å². The molecular formula is C16H26N2O4S. The molecule has 6 nitrogen and oxygen atoms in total. The van der Waals surface area contributed by atoms with Gasteiger partial charge in [0.1, 0.15) is 4.90 Å². The first kappa shape index (κ1) is 19.4. The van der Waals surface area contributed by atoms with E-state index in [9.17, 15) is 13.2 Å². The molecule has 0 amide bonds. The van der Waals surface area contributed by atoms with Crippen molar-refractivity contribution in [3.63, 3.8) is 0 Å². The van der Waals surface area contributed by atoms with Crippen LogP contribution in [0.3, 0.4) is 0 Å². The summed E-state index contributed by atoms with van der Waals surface area (Å²) in [5.41, 5.74) is 0.366. The molecule has 0 fully saturated rings. The zero-order chi connectivity index (χ0) is 17.6. The van der Waals surface area contributed by atoms with E-state index in [1.165, 1.54) is 18.2 Å². The second kappa shape index (κ2) is 8.31. The number of hydrogen-bond acceptors (Lipinski definition) is 4. The number of rotatable bonds is 9. The normalized spacial score (nSPS) is 13.1. The summed E-state index contributed by atoms with van der Waals surface area (Å²) in [5.74, 6) is -0.778. The Bertz CT molecular complexity index is 641. The molecule has 3 N–H and O–H groups in total. The minimum atomic E-state index is -3.77. The number of carbonyl (C=O) groups is 1. The van der Waals surface area contributed by atoms with E-state index < -0.39 is 16.0 Å². The molecule has 0 spiro atoms. The number of anilines is 1. The summed E-state index contributed by atoms with van der Waals surface area (Å²) < 4.78 is 27.6. The lowest BCUT2D eigenvalue weighted by molar-refractivity contribution is 0.0696. The van der Waals surface area contributed by atoms with Crippen molar-refractivity contribution < 1.29 is 18.3 Å². The van der Waals surface area contributed by atoms with Crippen LogP contribution in [-0.4, -0.2) is 32.1 Å². The molecule has 1 atom stereocenters. The van der Waals surface area contributed by atoms with Gasteiger partial charge in [0.15, 0.2) is 0 Å². The highest BCUT2D eigenvalue weighted by Crippen LogP contribution is 2.24. The predicted molar refractivity (Wildman–Crippen MR) is 91.4 cm³/mol. The van der Waals surface area contributed by atoms with Crippen molar-refractivity contribution in [2.75, 3.05) is 11.9 Å². The van der Waals surface area contributed by atoms with E-state index in [4.69, 9.17) is 5.11 Å². The second-order valence-electron chi connectivity index (χ2n) is 6.05. The molecule has 0 aliphatic heterocycles. The standard InChI is InChI=1S/C16H26N2O4S/c1-5-12(4)18-14-7-6-13(16(19)20)10-15(14)23(21,22)17-9-8-11(2)3/h6-7,10-12,17-18H,5,8-9H2,1-4H3,(H,19,20). The van der Waals surface area contributed by atoms with Crippen molar-refractivity contribution >= 4 is 21.7 Å². The highest BCUT2D eigenvalue weighted by Gasteiger charge is 2.21. The van der Waals surface area contributed by atoms with Gasteiger partial charge in [-0.15, -0.1) is 0 Å². The van der Waals surface area contributed by atoms with Gasteiger partial charge >= 0.3 is 5.97 Å². The monoisotopic (exact) mass is 342 g/mol. The van der Waals surface area contributed by atoms with Gasteiger partial charge in [-0.1, -0.05) is 20.8 Å². The molecule has 7 heteroatoms.